The largest absolute Gasteiger partial charge is 0.465 e. The molecule has 6 heteroatoms. The summed E-state index contributed by atoms with van der Waals surface area (Å²) in [4.78, 5) is 0.223. The summed E-state index contributed by atoms with van der Waals surface area (Å²) in [6.45, 7) is 5.81. The van der Waals surface area contributed by atoms with Gasteiger partial charge in [0.05, 0.1) is 0 Å². The zero-order valence-electron chi connectivity index (χ0n) is 12.4. The van der Waals surface area contributed by atoms with Gasteiger partial charge in [0.25, 0.3) is 0 Å². The van der Waals surface area contributed by atoms with Crippen molar-refractivity contribution < 1.29 is 12.8 Å². The van der Waals surface area contributed by atoms with Crippen LogP contribution < -0.4 is 10.5 Å². The van der Waals surface area contributed by atoms with Crippen LogP contribution in [0.15, 0.2) is 15.4 Å². The van der Waals surface area contributed by atoms with Gasteiger partial charge >= 0.3 is 0 Å². The van der Waals surface area contributed by atoms with Gasteiger partial charge in [-0.25, -0.2) is 13.1 Å². The lowest BCUT2D eigenvalue weighted by molar-refractivity contribution is 0.191. The van der Waals surface area contributed by atoms with Gasteiger partial charge in [0.2, 0.25) is 10.0 Å². The van der Waals surface area contributed by atoms with E-state index in [1.54, 1.807) is 19.9 Å². The highest BCUT2D eigenvalue weighted by Gasteiger charge is 2.41. The highest BCUT2D eigenvalue weighted by Crippen LogP contribution is 2.34. The summed E-state index contributed by atoms with van der Waals surface area (Å²) in [5.74, 6) is 1.26. The Morgan fingerprint density at radius 3 is 2.65 bits per heavy atom. The number of rotatable bonds is 4. The number of hydrogen-bond donors (Lipinski definition) is 2. The number of aryl methyl sites for hydroxylation is 2. The van der Waals surface area contributed by atoms with Crippen molar-refractivity contribution in [1.29, 1.82) is 0 Å². The van der Waals surface area contributed by atoms with E-state index in [2.05, 4.69) is 11.6 Å². The molecule has 0 saturated heterocycles. The van der Waals surface area contributed by atoms with Gasteiger partial charge < -0.3 is 10.2 Å². The first-order valence-corrected chi connectivity index (χ1v) is 8.60. The average Bonchev–Trinajstić information content (AvgIpc) is 2.72. The minimum atomic E-state index is -3.60. The minimum absolute atomic E-state index is 0.223. The quantitative estimate of drug-likeness (QED) is 0.891. The molecule has 114 valence electrons. The van der Waals surface area contributed by atoms with E-state index in [9.17, 15) is 8.42 Å². The third-order valence-electron chi connectivity index (χ3n) is 4.44. The first kappa shape index (κ1) is 15.5. The molecule has 0 aliphatic heterocycles. The van der Waals surface area contributed by atoms with Gasteiger partial charge in [-0.15, -0.1) is 0 Å². The Balaban J connectivity index is 2.33. The Morgan fingerprint density at radius 1 is 1.45 bits per heavy atom. The second-order valence-electron chi connectivity index (χ2n) is 5.89. The van der Waals surface area contributed by atoms with Crippen LogP contribution in [0.4, 0.5) is 0 Å². The van der Waals surface area contributed by atoms with Gasteiger partial charge in [-0.3, -0.25) is 0 Å². The first-order valence-electron chi connectivity index (χ1n) is 7.12. The molecule has 0 spiro atoms. The Hall–Kier alpha value is -0.850. The average molecular weight is 300 g/mol. The smallest absolute Gasteiger partial charge is 0.244 e. The molecule has 1 saturated carbocycles. The van der Waals surface area contributed by atoms with Crippen LogP contribution in [0, 0.1) is 19.8 Å². The SMILES string of the molecule is Cc1cc(S(=O)(=O)NC2(CN)CCCCC2C)c(C)o1. The Bertz CT molecular complexity index is 579. The van der Waals surface area contributed by atoms with Crippen LogP contribution in [0.3, 0.4) is 0 Å². The van der Waals surface area contributed by atoms with Crippen molar-refractivity contribution in [3.8, 4) is 0 Å². The Labute approximate surface area is 121 Å². The van der Waals surface area contributed by atoms with Gasteiger partial charge in [0.15, 0.2) is 0 Å². The fourth-order valence-corrected chi connectivity index (χ4v) is 4.88. The lowest BCUT2D eigenvalue weighted by atomic mass is 9.74. The molecule has 2 atom stereocenters. The fraction of sp³-hybridized carbons (Fsp3) is 0.714. The minimum Gasteiger partial charge on any atom is -0.465 e. The summed E-state index contributed by atoms with van der Waals surface area (Å²) in [5, 5.41) is 0. The van der Waals surface area contributed by atoms with E-state index in [1.165, 1.54) is 0 Å². The molecule has 20 heavy (non-hydrogen) atoms. The lowest BCUT2D eigenvalue weighted by Gasteiger charge is -2.42. The monoisotopic (exact) mass is 300 g/mol. The van der Waals surface area contributed by atoms with E-state index < -0.39 is 15.6 Å². The molecule has 1 aromatic heterocycles. The highest BCUT2D eigenvalue weighted by atomic mass is 32.2. The highest BCUT2D eigenvalue weighted by molar-refractivity contribution is 7.89. The van der Waals surface area contributed by atoms with E-state index in [-0.39, 0.29) is 10.8 Å². The zero-order chi connectivity index (χ0) is 15.0. The molecule has 1 heterocycles. The molecule has 1 aliphatic rings. The molecule has 0 bridgehead atoms. The van der Waals surface area contributed by atoms with Gasteiger partial charge in [-0.1, -0.05) is 19.8 Å². The zero-order valence-corrected chi connectivity index (χ0v) is 13.2. The molecule has 2 unspecified atom stereocenters. The van der Waals surface area contributed by atoms with Crippen LogP contribution in [0.25, 0.3) is 0 Å². The van der Waals surface area contributed by atoms with Crippen molar-refractivity contribution in [2.75, 3.05) is 6.54 Å². The van der Waals surface area contributed by atoms with E-state index in [0.717, 1.165) is 25.7 Å². The molecule has 0 amide bonds. The van der Waals surface area contributed by atoms with Crippen molar-refractivity contribution in [1.82, 2.24) is 4.72 Å². The standard InChI is InChI=1S/C14H24N2O3S/c1-10-6-4-5-7-14(10,9-15)16-20(17,18)13-8-11(2)19-12(13)3/h8,10,16H,4-7,9,15H2,1-3H3. The van der Waals surface area contributed by atoms with Gasteiger partial charge in [0, 0.05) is 12.1 Å². The number of sulfonamides is 1. The van der Waals surface area contributed by atoms with Crippen molar-refractivity contribution in [2.45, 2.75) is 56.9 Å². The molecule has 0 aromatic carbocycles. The Kier molecular flexibility index (Phi) is 4.27. The van der Waals surface area contributed by atoms with Crippen LogP contribution in [-0.2, 0) is 10.0 Å². The molecular weight excluding hydrogens is 276 g/mol. The van der Waals surface area contributed by atoms with Crippen molar-refractivity contribution in [3.05, 3.63) is 17.6 Å². The third kappa shape index (κ3) is 2.77. The molecule has 1 aromatic rings. The first-order chi connectivity index (χ1) is 9.31. The molecular formula is C14H24N2O3S. The molecule has 3 N–H and O–H groups in total. The summed E-state index contributed by atoms with van der Waals surface area (Å²) in [5.41, 5.74) is 5.37. The predicted octanol–water partition coefficient (Wildman–Crippen LogP) is 2.08. The predicted molar refractivity (Wildman–Crippen MR) is 77.9 cm³/mol. The van der Waals surface area contributed by atoms with Crippen LogP contribution in [-0.4, -0.2) is 20.5 Å². The molecule has 2 rings (SSSR count). The van der Waals surface area contributed by atoms with E-state index in [4.69, 9.17) is 10.2 Å². The van der Waals surface area contributed by atoms with Gasteiger partial charge in [0.1, 0.15) is 16.4 Å². The lowest BCUT2D eigenvalue weighted by Crippen LogP contribution is -2.58. The second kappa shape index (κ2) is 5.50. The van der Waals surface area contributed by atoms with Crippen molar-refractivity contribution >= 4 is 10.0 Å². The second-order valence-corrected chi connectivity index (χ2v) is 7.54. The fourth-order valence-electron chi connectivity index (χ4n) is 3.11. The molecule has 5 nitrogen and oxygen atoms in total. The Morgan fingerprint density at radius 2 is 2.15 bits per heavy atom. The summed E-state index contributed by atoms with van der Waals surface area (Å²) in [7, 11) is -3.60. The van der Waals surface area contributed by atoms with Crippen molar-refractivity contribution in [3.63, 3.8) is 0 Å². The molecule has 1 fully saturated rings. The van der Waals surface area contributed by atoms with Crippen LogP contribution in [0.2, 0.25) is 0 Å². The number of furan rings is 1. The maximum Gasteiger partial charge on any atom is 0.244 e. The molecule has 0 radical (unpaired) electrons. The van der Waals surface area contributed by atoms with E-state index in [1.807, 2.05) is 0 Å². The maximum absolute atomic E-state index is 12.6. The summed E-state index contributed by atoms with van der Waals surface area (Å²) in [6, 6.07) is 1.56. The van der Waals surface area contributed by atoms with E-state index in [0.29, 0.717) is 18.1 Å². The van der Waals surface area contributed by atoms with Crippen LogP contribution >= 0.6 is 0 Å². The van der Waals surface area contributed by atoms with Gasteiger partial charge in [-0.2, -0.15) is 0 Å². The topological polar surface area (TPSA) is 85.3 Å². The summed E-state index contributed by atoms with van der Waals surface area (Å²) >= 11 is 0. The van der Waals surface area contributed by atoms with Crippen LogP contribution in [0.5, 0.6) is 0 Å². The van der Waals surface area contributed by atoms with Crippen LogP contribution in [0.1, 0.15) is 44.1 Å². The van der Waals surface area contributed by atoms with Crippen molar-refractivity contribution in [2.24, 2.45) is 11.7 Å². The number of nitrogens with one attached hydrogen (secondary N) is 1. The van der Waals surface area contributed by atoms with E-state index >= 15 is 0 Å². The number of nitrogens with two attached hydrogens (primary N) is 1. The normalized spacial score (nSPS) is 27.7. The number of hydrogen-bond acceptors (Lipinski definition) is 4. The summed E-state index contributed by atoms with van der Waals surface area (Å²) in [6.07, 6.45) is 3.94. The van der Waals surface area contributed by atoms with Gasteiger partial charge in [-0.05, 0) is 38.7 Å². The maximum atomic E-state index is 12.6. The molecule has 1 aliphatic carbocycles. The third-order valence-corrected chi connectivity index (χ3v) is 6.10. The summed E-state index contributed by atoms with van der Waals surface area (Å²) < 4.78 is 33.4.